The number of hydrogen-bond donors (Lipinski definition) is 2. The van der Waals surface area contributed by atoms with Crippen molar-refractivity contribution in [2.45, 2.75) is 0 Å². The van der Waals surface area contributed by atoms with E-state index in [2.05, 4.69) is 21.1 Å². The number of hydrogen-bond acceptors (Lipinski definition) is 8. The molecule has 3 aromatic carbocycles. The lowest BCUT2D eigenvalue weighted by Gasteiger charge is -2.00. The average Bonchev–Trinajstić information content (AvgIpc) is 2.75. The van der Waals surface area contributed by atoms with Crippen LogP contribution < -0.4 is 10.9 Å². The molecule has 0 saturated carbocycles. The number of nitro groups is 2. The van der Waals surface area contributed by atoms with Gasteiger partial charge in [-0.15, -0.1) is 0 Å². The lowest BCUT2D eigenvalue weighted by molar-refractivity contribution is -0.385. The van der Waals surface area contributed by atoms with Crippen molar-refractivity contribution in [3.8, 4) is 0 Å². The largest absolute Gasteiger partial charge is 0.278 e. The second kappa shape index (κ2) is 9.55. The van der Waals surface area contributed by atoms with Gasteiger partial charge in [0.2, 0.25) is 0 Å². The van der Waals surface area contributed by atoms with Gasteiger partial charge in [-0.25, -0.2) is 0 Å². The van der Waals surface area contributed by atoms with E-state index in [1.165, 1.54) is 24.3 Å². The Kier molecular flexibility index (Phi) is 6.41. The molecule has 0 atom stereocenters. The monoisotopic (exact) mass is 404 g/mol. The molecule has 0 aliphatic carbocycles. The van der Waals surface area contributed by atoms with Gasteiger partial charge < -0.3 is 0 Å². The highest BCUT2D eigenvalue weighted by atomic mass is 16.6. The molecule has 0 spiro atoms. The van der Waals surface area contributed by atoms with E-state index < -0.39 is 9.85 Å². The summed E-state index contributed by atoms with van der Waals surface area (Å²) in [5.41, 5.74) is 8.63. The van der Waals surface area contributed by atoms with Gasteiger partial charge in [-0.2, -0.15) is 10.2 Å². The Morgan fingerprint density at radius 1 is 0.600 bits per heavy atom. The molecule has 0 amide bonds. The first-order chi connectivity index (χ1) is 14.5. The van der Waals surface area contributed by atoms with Crippen LogP contribution in [0.1, 0.15) is 11.1 Å². The molecule has 150 valence electrons. The molecule has 0 unspecified atom stereocenters. The lowest BCUT2D eigenvalue weighted by atomic mass is 10.2. The van der Waals surface area contributed by atoms with Crippen LogP contribution >= 0.6 is 0 Å². The van der Waals surface area contributed by atoms with Gasteiger partial charge in [-0.1, -0.05) is 24.3 Å². The van der Waals surface area contributed by atoms with Crippen LogP contribution in [0.4, 0.5) is 22.7 Å². The smallest absolute Gasteiger partial charge is 0.269 e. The Morgan fingerprint density at radius 3 is 1.23 bits per heavy atom. The normalized spacial score (nSPS) is 10.9. The van der Waals surface area contributed by atoms with Crippen molar-refractivity contribution in [1.29, 1.82) is 0 Å². The Hall–Kier alpha value is -4.60. The fourth-order valence-electron chi connectivity index (χ4n) is 2.35. The topological polar surface area (TPSA) is 135 Å². The number of hydrazone groups is 2. The van der Waals surface area contributed by atoms with Crippen molar-refractivity contribution < 1.29 is 9.85 Å². The summed E-state index contributed by atoms with van der Waals surface area (Å²) in [5, 5.41) is 29.5. The van der Waals surface area contributed by atoms with Gasteiger partial charge in [0.25, 0.3) is 11.4 Å². The first-order valence-corrected chi connectivity index (χ1v) is 8.68. The summed E-state index contributed by atoms with van der Waals surface area (Å²) in [5.74, 6) is 0. The highest BCUT2D eigenvalue weighted by Crippen LogP contribution is 2.16. The summed E-state index contributed by atoms with van der Waals surface area (Å²) in [6.45, 7) is 0. The Bertz CT molecular complexity index is 989. The van der Waals surface area contributed by atoms with E-state index in [9.17, 15) is 20.2 Å². The number of nitrogens with one attached hydrogen (secondary N) is 2. The molecule has 3 aromatic rings. The zero-order chi connectivity index (χ0) is 21.3. The van der Waals surface area contributed by atoms with Gasteiger partial charge in [-0.05, 0) is 35.4 Å². The van der Waals surface area contributed by atoms with Crippen molar-refractivity contribution in [3.05, 3.63) is 104 Å². The number of nitro benzene ring substituents is 2. The Balaban J connectivity index is 1.51. The number of nitrogens with zero attached hydrogens (tertiary/aromatic N) is 4. The quantitative estimate of drug-likeness (QED) is 0.325. The zero-order valence-electron chi connectivity index (χ0n) is 15.5. The molecule has 0 bridgehead atoms. The Morgan fingerprint density at radius 2 is 0.933 bits per heavy atom. The van der Waals surface area contributed by atoms with Crippen molar-refractivity contribution in [2.24, 2.45) is 10.2 Å². The lowest BCUT2D eigenvalue weighted by Crippen LogP contribution is -1.93. The number of rotatable bonds is 8. The van der Waals surface area contributed by atoms with Crippen molar-refractivity contribution >= 4 is 35.2 Å². The maximum atomic E-state index is 10.6. The van der Waals surface area contributed by atoms with Gasteiger partial charge in [0.1, 0.15) is 0 Å². The predicted octanol–water partition coefficient (Wildman–Crippen LogP) is 4.40. The maximum absolute atomic E-state index is 10.6. The molecule has 0 heterocycles. The van der Waals surface area contributed by atoms with E-state index >= 15 is 0 Å². The van der Waals surface area contributed by atoms with Crippen molar-refractivity contribution in [2.75, 3.05) is 10.9 Å². The van der Waals surface area contributed by atoms with Gasteiger partial charge in [-0.3, -0.25) is 31.1 Å². The van der Waals surface area contributed by atoms with Crippen LogP contribution in [0.15, 0.2) is 83.0 Å². The molecule has 10 nitrogen and oxygen atoms in total. The first-order valence-electron chi connectivity index (χ1n) is 8.68. The minimum atomic E-state index is -0.459. The van der Waals surface area contributed by atoms with Crippen LogP contribution in [-0.4, -0.2) is 22.3 Å². The van der Waals surface area contributed by atoms with Crippen LogP contribution in [0.3, 0.4) is 0 Å². The van der Waals surface area contributed by atoms with Crippen LogP contribution in [0, 0.1) is 20.2 Å². The predicted molar refractivity (Wildman–Crippen MR) is 115 cm³/mol. The summed E-state index contributed by atoms with van der Waals surface area (Å²) < 4.78 is 0. The van der Waals surface area contributed by atoms with Gasteiger partial charge in [0.15, 0.2) is 0 Å². The van der Waals surface area contributed by atoms with Gasteiger partial charge in [0.05, 0.1) is 33.7 Å². The minimum absolute atomic E-state index is 0.0184. The molecule has 30 heavy (non-hydrogen) atoms. The molecule has 0 radical (unpaired) electrons. The van der Waals surface area contributed by atoms with E-state index in [4.69, 9.17) is 0 Å². The van der Waals surface area contributed by atoms with Crippen LogP contribution in [0.2, 0.25) is 0 Å². The van der Waals surface area contributed by atoms with E-state index in [1.54, 1.807) is 36.7 Å². The molecular formula is C20H16N6O4. The van der Waals surface area contributed by atoms with Crippen molar-refractivity contribution in [1.82, 2.24) is 0 Å². The summed E-state index contributed by atoms with van der Waals surface area (Å²) >= 11 is 0. The molecular weight excluding hydrogens is 388 g/mol. The second-order valence-corrected chi connectivity index (χ2v) is 6.01. The van der Waals surface area contributed by atoms with Crippen molar-refractivity contribution in [3.63, 3.8) is 0 Å². The second-order valence-electron chi connectivity index (χ2n) is 6.01. The third-order valence-corrected chi connectivity index (χ3v) is 3.91. The SMILES string of the molecule is O=[N+]([O-])c1ccc(NN=Cc2ccc(C=NNc3ccc([N+](=O)[O-])cc3)cc2)cc1. The summed E-state index contributed by atoms with van der Waals surface area (Å²) in [4.78, 5) is 20.3. The molecule has 0 aliphatic heterocycles. The highest BCUT2D eigenvalue weighted by molar-refractivity contribution is 5.84. The van der Waals surface area contributed by atoms with E-state index in [-0.39, 0.29) is 11.4 Å². The summed E-state index contributed by atoms with van der Waals surface area (Å²) in [6.07, 6.45) is 3.24. The van der Waals surface area contributed by atoms with Gasteiger partial charge in [0, 0.05) is 24.3 Å². The van der Waals surface area contributed by atoms with E-state index in [1.807, 2.05) is 24.3 Å². The molecule has 0 fully saturated rings. The molecule has 3 rings (SSSR count). The first kappa shape index (κ1) is 20.1. The highest BCUT2D eigenvalue weighted by Gasteiger charge is 2.03. The average molecular weight is 404 g/mol. The third-order valence-electron chi connectivity index (χ3n) is 3.91. The van der Waals surface area contributed by atoms with E-state index in [0.29, 0.717) is 11.4 Å². The molecule has 0 aliphatic rings. The fourth-order valence-corrected chi connectivity index (χ4v) is 2.35. The summed E-state index contributed by atoms with van der Waals surface area (Å²) in [7, 11) is 0. The summed E-state index contributed by atoms with van der Waals surface area (Å²) in [6, 6.07) is 19.3. The van der Waals surface area contributed by atoms with Crippen LogP contribution in [0.25, 0.3) is 0 Å². The maximum Gasteiger partial charge on any atom is 0.269 e. The third kappa shape index (κ3) is 5.70. The van der Waals surface area contributed by atoms with Crippen LogP contribution in [0.5, 0.6) is 0 Å². The fraction of sp³-hybridized carbons (Fsp3) is 0. The van der Waals surface area contributed by atoms with Gasteiger partial charge >= 0.3 is 0 Å². The molecule has 0 aromatic heterocycles. The molecule has 2 N–H and O–H groups in total. The molecule has 10 heteroatoms. The van der Waals surface area contributed by atoms with E-state index in [0.717, 1.165) is 11.1 Å². The molecule has 0 saturated heterocycles. The van der Waals surface area contributed by atoms with Crippen LogP contribution in [-0.2, 0) is 0 Å². The Labute approximate surface area is 170 Å². The number of anilines is 2. The number of non-ortho nitro benzene ring substituents is 2. The number of benzene rings is 3. The zero-order valence-corrected chi connectivity index (χ0v) is 15.5. The standard InChI is InChI=1S/C20H16N6O4/c27-25(28)19-9-5-17(6-10-19)23-21-13-15-1-2-16(4-3-15)14-22-24-18-7-11-20(12-8-18)26(29)30/h1-14,23-24H. The minimum Gasteiger partial charge on any atom is -0.278 e.